The lowest BCUT2D eigenvalue weighted by atomic mass is 10.2. The molecule has 1 aliphatic rings. The lowest BCUT2D eigenvalue weighted by Crippen LogP contribution is -2.51. The summed E-state index contributed by atoms with van der Waals surface area (Å²) in [4.78, 5) is 13.5. The number of nitrogens with zero attached hydrogens (tertiary/aromatic N) is 3. The monoisotopic (exact) mass is 305 g/mol. The van der Waals surface area contributed by atoms with Gasteiger partial charge in [-0.05, 0) is 13.3 Å². The van der Waals surface area contributed by atoms with E-state index in [1.807, 2.05) is 6.92 Å². The maximum absolute atomic E-state index is 12.7. The van der Waals surface area contributed by atoms with Crippen LogP contribution < -0.4 is 0 Å². The molecule has 21 heavy (non-hydrogen) atoms. The summed E-state index contributed by atoms with van der Waals surface area (Å²) in [5.74, 6) is -0.424. The molecule has 0 aliphatic carbocycles. The van der Waals surface area contributed by atoms with Crippen molar-refractivity contribution >= 4 is 5.91 Å². The van der Waals surface area contributed by atoms with Crippen LogP contribution in [0.1, 0.15) is 29.4 Å². The molecule has 0 radical (unpaired) electrons. The maximum atomic E-state index is 12.7. The van der Waals surface area contributed by atoms with Crippen LogP contribution in [0, 0.1) is 6.92 Å². The summed E-state index contributed by atoms with van der Waals surface area (Å²) in [5, 5.41) is 4.10. The van der Waals surface area contributed by atoms with E-state index < -0.39 is 24.7 Å². The van der Waals surface area contributed by atoms with Crippen molar-refractivity contribution in [3.8, 4) is 0 Å². The van der Waals surface area contributed by atoms with E-state index in [1.165, 1.54) is 11.1 Å². The fourth-order valence-corrected chi connectivity index (χ4v) is 2.30. The second kappa shape index (κ2) is 6.05. The van der Waals surface area contributed by atoms with Crippen molar-refractivity contribution in [1.82, 2.24) is 14.7 Å². The van der Waals surface area contributed by atoms with Crippen molar-refractivity contribution in [2.75, 3.05) is 19.7 Å². The lowest BCUT2D eigenvalue weighted by Gasteiger charge is -2.33. The van der Waals surface area contributed by atoms with Gasteiger partial charge in [-0.15, -0.1) is 0 Å². The van der Waals surface area contributed by atoms with Crippen molar-refractivity contribution in [1.29, 1.82) is 0 Å². The van der Waals surface area contributed by atoms with Crippen molar-refractivity contribution in [2.24, 2.45) is 0 Å². The van der Waals surface area contributed by atoms with Gasteiger partial charge in [0.1, 0.15) is 0 Å². The van der Waals surface area contributed by atoms with Gasteiger partial charge in [0.25, 0.3) is 5.91 Å². The third-order valence-electron chi connectivity index (χ3n) is 3.49. The summed E-state index contributed by atoms with van der Waals surface area (Å²) in [6, 6.07) is 0. The SMILES string of the molecule is CCCn1ncc(C(=O)N2CCO[C@@H](C(F)(F)F)C2)c1C. The average Bonchev–Trinajstić information content (AvgIpc) is 2.79. The Hall–Kier alpha value is -1.57. The molecule has 1 saturated heterocycles. The van der Waals surface area contributed by atoms with Gasteiger partial charge in [0.15, 0.2) is 6.10 Å². The highest BCUT2D eigenvalue weighted by Gasteiger charge is 2.44. The van der Waals surface area contributed by atoms with Gasteiger partial charge in [-0.1, -0.05) is 6.92 Å². The number of carbonyl (C=O) groups excluding carboxylic acids is 1. The van der Waals surface area contributed by atoms with Gasteiger partial charge in [-0.2, -0.15) is 18.3 Å². The molecule has 0 aromatic carbocycles. The van der Waals surface area contributed by atoms with Crippen molar-refractivity contribution < 1.29 is 22.7 Å². The van der Waals surface area contributed by atoms with Crippen LogP contribution in [0.5, 0.6) is 0 Å². The van der Waals surface area contributed by atoms with E-state index in [0.29, 0.717) is 17.8 Å². The van der Waals surface area contributed by atoms with Crippen LogP contribution in [0.2, 0.25) is 0 Å². The van der Waals surface area contributed by atoms with Crippen LogP contribution in [0.15, 0.2) is 6.20 Å². The van der Waals surface area contributed by atoms with Crippen LogP contribution in [-0.4, -0.2) is 52.6 Å². The third kappa shape index (κ3) is 3.37. The van der Waals surface area contributed by atoms with Gasteiger partial charge in [-0.25, -0.2) is 0 Å². The van der Waals surface area contributed by atoms with E-state index in [1.54, 1.807) is 11.6 Å². The van der Waals surface area contributed by atoms with Crippen molar-refractivity contribution in [3.05, 3.63) is 17.5 Å². The quantitative estimate of drug-likeness (QED) is 0.858. The van der Waals surface area contributed by atoms with Gasteiger partial charge < -0.3 is 9.64 Å². The standard InChI is InChI=1S/C13H18F3N3O2/c1-3-4-19-9(2)10(7-17-19)12(20)18-5-6-21-11(8-18)13(14,15)16/h7,11H,3-6,8H2,1-2H3/t11-/m1/s1. The van der Waals surface area contributed by atoms with E-state index in [9.17, 15) is 18.0 Å². The Morgan fingerprint density at radius 1 is 1.52 bits per heavy atom. The zero-order valence-electron chi connectivity index (χ0n) is 12.0. The lowest BCUT2D eigenvalue weighted by molar-refractivity contribution is -0.233. The molecular weight excluding hydrogens is 287 g/mol. The van der Waals surface area contributed by atoms with Gasteiger partial charge in [0.2, 0.25) is 0 Å². The molecule has 1 amide bonds. The number of ether oxygens (including phenoxy) is 1. The van der Waals surface area contributed by atoms with E-state index in [-0.39, 0.29) is 13.2 Å². The fraction of sp³-hybridized carbons (Fsp3) is 0.692. The minimum absolute atomic E-state index is 0.113. The number of morpholine rings is 1. The highest BCUT2D eigenvalue weighted by Crippen LogP contribution is 2.26. The first kappa shape index (κ1) is 15.8. The molecule has 8 heteroatoms. The van der Waals surface area contributed by atoms with E-state index in [2.05, 4.69) is 5.10 Å². The number of hydrogen-bond acceptors (Lipinski definition) is 3. The summed E-state index contributed by atoms with van der Waals surface area (Å²) in [6.45, 7) is 3.98. The Morgan fingerprint density at radius 3 is 2.86 bits per heavy atom. The van der Waals surface area contributed by atoms with Crippen LogP contribution in [0.25, 0.3) is 0 Å². The molecule has 2 heterocycles. The van der Waals surface area contributed by atoms with E-state index >= 15 is 0 Å². The Labute approximate surface area is 120 Å². The average molecular weight is 305 g/mol. The topological polar surface area (TPSA) is 47.4 Å². The molecule has 5 nitrogen and oxygen atoms in total. The number of aromatic nitrogens is 2. The van der Waals surface area contributed by atoms with Crippen molar-refractivity contribution in [3.63, 3.8) is 0 Å². The predicted octanol–water partition coefficient (Wildman–Crippen LogP) is 2.00. The molecule has 0 bridgehead atoms. The number of halogens is 3. The summed E-state index contributed by atoms with van der Waals surface area (Å²) in [5.41, 5.74) is 1.03. The molecular formula is C13H18F3N3O2. The number of aryl methyl sites for hydroxylation is 1. The molecule has 0 N–H and O–H groups in total. The molecule has 1 atom stereocenters. The molecule has 1 aromatic rings. The van der Waals surface area contributed by atoms with Gasteiger partial charge >= 0.3 is 6.18 Å². The predicted molar refractivity (Wildman–Crippen MR) is 69.0 cm³/mol. The van der Waals surface area contributed by atoms with Crippen molar-refractivity contribution in [2.45, 2.75) is 39.1 Å². The number of rotatable bonds is 3. The summed E-state index contributed by atoms with van der Waals surface area (Å²) < 4.78 is 44.4. The summed E-state index contributed by atoms with van der Waals surface area (Å²) in [7, 11) is 0. The summed E-state index contributed by atoms with van der Waals surface area (Å²) in [6.07, 6.45) is -4.09. The van der Waals surface area contributed by atoms with Gasteiger partial charge in [0.05, 0.1) is 24.9 Å². The zero-order valence-corrected chi connectivity index (χ0v) is 12.0. The third-order valence-corrected chi connectivity index (χ3v) is 3.49. The minimum atomic E-state index is -4.46. The largest absolute Gasteiger partial charge is 0.416 e. The molecule has 118 valence electrons. The minimum Gasteiger partial charge on any atom is -0.365 e. The van der Waals surface area contributed by atoms with E-state index in [0.717, 1.165) is 6.42 Å². The number of carbonyl (C=O) groups is 1. The molecule has 0 saturated carbocycles. The highest BCUT2D eigenvalue weighted by molar-refractivity contribution is 5.95. The molecule has 1 aliphatic heterocycles. The Morgan fingerprint density at radius 2 is 2.24 bits per heavy atom. The number of hydrogen-bond donors (Lipinski definition) is 0. The number of amides is 1. The second-order valence-electron chi connectivity index (χ2n) is 5.02. The fourth-order valence-electron chi connectivity index (χ4n) is 2.30. The first-order valence-corrected chi connectivity index (χ1v) is 6.84. The van der Waals surface area contributed by atoms with Crippen LogP contribution >= 0.6 is 0 Å². The number of alkyl halides is 3. The van der Waals surface area contributed by atoms with Gasteiger partial charge in [-0.3, -0.25) is 9.48 Å². The van der Waals surface area contributed by atoms with Crippen LogP contribution in [0.4, 0.5) is 13.2 Å². The Bertz CT molecular complexity index is 513. The second-order valence-corrected chi connectivity index (χ2v) is 5.02. The highest BCUT2D eigenvalue weighted by atomic mass is 19.4. The summed E-state index contributed by atoms with van der Waals surface area (Å²) >= 11 is 0. The molecule has 0 unspecified atom stereocenters. The van der Waals surface area contributed by atoms with Crippen LogP contribution in [-0.2, 0) is 11.3 Å². The molecule has 2 rings (SSSR count). The molecule has 1 aromatic heterocycles. The van der Waals surface area contributed by atoms with Gasteiger partial charge in [0, 0.05) is 18.8 Å². The first-order chi connectivity index (χ1) is 9.84. The smallest absolute Gasteiger partial charge is 0.365 e. The normalized spacial score (nSPS) is 19.9. The first-order valence-electron chi connectivity index (χ1n) is 6.84. The Balaban J connectivity index is 2.13. The molecule has 0 spiro atoms. The maximum Gasteiger partial charge on any atom is 0.416 e. The van der Waals surface area contributed by atoms with Crippen LogP contribution in [0.3, 0.4) is 0 Å². The zero-order chi connectivity index (χ0) is 15.6. The molecule has 1 fully saturated rings. The van der Waals surface area contributed by atoms with E-state index in [4.69, 9.17) is 4.74 Å². The Kier molecular flexibility index (Phi) is 4.55.